The van der Waals surface area contributed by atoms with Crippen molar-refractivity contribution >= 4 is 28.8 Å². The van der Waals surface area contributed by atoms with Crippen molar-refractivity contribution in [2.75, 3.05) is 39.5 Å². The van der Waals surface area contributed by atoms with Gasteiger partial charge in [0.15, 0.2) is 0 Å². The molecule has 33 heavy (non-hydrogen) atoms. The number of benzene rings is 1. The summed E-state index contributed by atoms with van der Waals surface area (Å²) in [7, 11) is 0. The van der Waals surface area contributed by atoms with Crippen LogP contribution in [0.3, 0.4) is 0 Å². The van der Waals surface area contributed by atoms with Gasteiger partial charge in [0.25, 0.3) is 0 Å². The first-order valence-corrected chi connectivity index (χ1v) is 12.5. The maximum atomic E-state index is 13.4. The molecular formula is C25H33ClN2O4S. The van der Waals surface area contributed by atoms with E-state index < -0.39 is 6.10 Å². The number of thiophene rings is 1. The summed E-state index contributed by atoms with van der Waals surface area (Å²) in [6, 6.07) is 9.30. The molecule has 0 fully saturated rings. The first-order chi connectivity index (χ1) is 15.9. The average molecular weight is 493 g/mol. The SMILES string of the molecule is C=CCOC[C@@H](O)CN(CC(=O)N1CCc2sccc2[C@@H]1COc1ccc(Cl)cc1)C(C)C. The molecule has 1 amide bonds. The molecule has 2 heterocycles. The lowest BCUT2D eigenvalue weighted by Crippen LogP contribution is -2.49. The fraction of sp³-hybridized carbons (Fsp3) is 0.480. The van der Waals surface area contributed by atoms with E-state index in [4.69, 9.17) is 21.1 Å². The van der Waals surface area contributed by atoms with Crippen LogP contribution in [0.25, 0.3) is 0 Å². The van der Waals surface area contributed by atoms with Gasteiger partial charge in [-0.05, 0) is 61.5 Å². The zero-order chi connectivity index (χ0) is 23.8. The molecule has 0 unspecified atom stereocenters. The third kappa shape index (κ3) is 7.29. The van der Waals surface area contributed by atoms with E-state index in [-0.39, 0.29) is 31.1 Å². The van der Waals surface area contributed by atoms with Crippen LogP contribution < -0.4 is 4.74 Å². The Labute approximate surface area is 205 Å². The number of amides is 1. The van der Waals surface area contributed by atoms with Gasteiger partial charge in [-0.3, -0.25) is 9.69 Å². The number of ether oxygens (including phenoxy) is 2. The molecule has 0 radical (unpaired) electrons. The molecule has 0 aliphatic carbocycles. The normalized spacial score (nSPS) is 16.7. The zero-order valence-corrected chi connectivity index (χ0v) is 20.9. The molecule has 1 aliphatic heterocycles. The Morgan fingerprint density at radius 2 is 2.12 bits per heavy atom. The molecule has 1 N–H and O–H groups in total. The largest absolute Gasteiger partial charge is 0.491 e. The maximum Gasteiger partial charge on any atom is 0.237 e. The predicted molar refractivity (Wildman–Crippen MR) is 133 cm³/mol. The number of nitrogens with zero attached hydrogens (tertiary/aromatic N) is 2. The molecule has 0 spiro atoms. The molecule has 2 aromatic rings. The first-order valence-electron chi connectivity index (χ1n) is 11.2. The number of aliphatic hydroxyl groups excluding tert-OH is 1. The Bertz CT molecular complexity index is 902. The van der Waals surface area contributed by atoms with Crippen molar-refractivity contribution in [1.82, 2.24) is 9.80 Å². The van der Waals surface area contributed by atoms with Crippen molar-refractivity contribution in [1.29, 1.82) is 0 Å². The highest BCUT2D eigenvalue weighted by Gasteiger charge is 2.33. The number of fused-ring (bicyclic) bond motifs is 1. The third-order valence-corrected chi connectivity index (χ3v) is 6.95. The summed E-state index contributed by atoms with van der Waals surface area (Å²) < 4.78 is 11.4. The van der Waals surface area contributed by atoms with Gasteiger partial charge >= 0.3 is 0 Å². The van der Waals surface area contributed by atoms with Gasteiger partial charge in [0.1, 0.15) is 12.4 Å². The molecule has 1 aromatic heterocycles. The van der Waals surface area contributed by atoms with Crippen molar-refractivity contribution in [2.45, 2.75) is 38.5 Å². The summed E-state index contributed by atoms with van der Waals surface area (Å²) in [6.45, 7) is 9.89. The van der Waals surface area contributed by atoms with Crippen LogP contribution in [-0.4, -0.2) is 72.4 Å². The molecule has 1 aliphatic rings. The second-order valence-electron chi connectivity index (χ2n) is 8.42. The van der Waals surface area contributed by atoms with Gasteiger partial charge in [0.2, 0.25) is 5.91 Å². The van der Waals surface area contributed by atoms with Gasteiger partial charge in [-0.25, -0.2) is 0 Å². The minimum Gasteiger partial charge on any atom is -0.491 e. The molecule has 3 rings (SSSR count). The number of hydrogen-bond acceptors (Lipinski definition) is 6. The molecular weight excluding hydrogens is 460 g/mol. The van der Waals surface area contributed by atoms with Gasteiger partial charge in [-0.15, -0.1) is 17.9 Å². The monoisotopic (exact) mass is 492 g/mol. The highest BCUT2D eigenvalue weighted by Crippen LogP contribution is 2.34. The molecule has 0 bridgehead atoms. The lowest BCUT2D eigenvalue weighted by molar-refractivity contribution is -0.137. The third-order valence-electron chi connectivity index (χ3n) is 5.70. The van der Waals surface area contributed by atoms with Crippen LogP contribution in [0.1, 0.15) is 30.3 Å². The summed E-state index contributed by atoms with van der Waals surface area (Å²) in [6.07, 6.45) is 1.82. The standard InChI is InChI=1S/C25H33ClN2O4S/c1-4-12-31-16-20(29)14-27(18(2)3)15-25(30)28-11-9-24-22(10-13-33-24)23(28)17-32-21-7-5-19(26)6-8-21/h4-8,10,13,18,20,23,29H,1,9,11-12,14-17H2,2-3H3/t20-,23-/m0/s1. The van der Waals surface area contributed by atoms with Crippen LogP contribution in [0.4, 0.5) is 0 Å². The van der Waals surface area contributed by atoms with Crippen molar-refractivity contribution in [3.63, 3.8) is 0 Å². The van der Waals surface area contributed by atoms with Crippen LogP contribution in [0.15, 0.2) is 48.4 Å². The van der Waals surface area contributed by atoms with Gasteiger partial charge in [0, 0.05) is 29.0 Å². The molecule has 2 atom stereocenters. The summed E-state index contributed by atoms with van der Waals surface area (Å²) in [5.41, 5.74) is 1.16. The summed E-state index contributed by atoms with van der Waals surface area (Å²) in [5.74, 6) is 0.755. The number of rotatable bonds is 12. The van der Waals surface area contributed by atoms with Crippen LogP contribution in [0, 0.1) is 0 Å². The van der Waals surface area contributed by atoms with E-state index >= 15 is 0 Å². The number of carbonyl (C=O) groups is 1. The second-order valence-corrected chi connectivity index (χ2v) is 9.86. The predicted octanol–water partition coefficient (Wildman–Crippen LogP) is 4.18. The number of carbonyl (C=O) groups excluding carboxylic acids is 1. The van der Waals surface area contributed by atoms with Crippen LogP contribution in [0.2, 0.25) is 5.02 Å². The van der Waals surface area contributed by atoms with E-state index in [1.54, 1.807) is 29.5 Å². The number of hydrogen-bond donors (Lipinski definition) is 1. The average Bonchev–Trinajstić information content (AvgIpc) is 3.27. The maximum absolute atomic E-state index is 13.4. The smallest absolute Gasteiger partial charge is 0.237 e. The molecule has 6 nitrogen and oxygen atoms in total. The summed E-state index contributed by atoms with van der Waals surface area (Å²) >= 11 is 7.71. The fourth-order valence-corrected chi connectivity index (χ4v) is 4.97. The lowest BCUT2D eigenvalue weighted by Gasteiger charge is -2.38. The van der Waals surface area contributed by atoms with Gasteiger partial charge in [0.05, 0.1) is 31.9 Å². The number of halogens is 1. The molecule has 0 saturated heterocycles. The molecule has 8 heteroatoms. The van der Waals surface area contributed by atoms with E-state index in [0.717, 1.165) is 17.7 Å². The van der Waals surface area contributed by atoms with Crippen LogP contribution in [0.5, 0.6) is 5.75 Å². The van der Waals surface area contributed by atoms with Gasteiger partial charge < -0.3 is 19.5 Å². The Kier molecular flexibility index (Phi) is 9.77. The quantitative estimate of drug-likeness (QED) is 0.356. The molecule has 0 saturated carbocycles. The fourth-order valence-electron chi connectivity index (χ4n) is 3.91. The van der Waals surface area contributed by atoms with Gasteiger partial charge in [-0.2, -0.15) is 0 Å². The summed E-state index contributed by atoms with van der Waals surface area (Å²) in [4.78, 5) is 18.7. The lowest BCUT2D eigenvalue weighted by atomic mass is 10.00. The van der Waals surface area contributed by atoms with E-state index in [0.29, 0.717) is 31.3 Å². The Hall–Kier alpha value is -1.90. The van der Waals surface area contributed by atoms with Crippen molar-refractivity contribution in [3.05, 3.63) is 63.8 Å². The Morgan fingerprint density at radius 1 is 1.36 bits per heavy atom. The highest BCUT2D eigenvalue weighted by atomic mass is 35.5. The Balaban J connectivity index is 1.67. The molecule has 180 valence electrons. The van der Waals surface area contributed by atoms with E-state index in [2.05, 4.69) is 18.0 Å². The van der Waals surface area contributed by atoms with Crippen LogP contribution >= 0.6 is 22.9 Å². The first kappa shape index (κ1) is 25.7. The second kappa shape index (κ2) is 12.5. The zero-order valence-electron chi connectivity index (χ0n) is 19.3. The minimum atomic E-state index is -0.672. The van der Waals surface area contributed by atoms with Gasteiger partial charge in [-0.1, -0.05) is 17.7 Å². The Morgan fingerprint density at radius 3 is 2.82 bits per heavy atom. The van der Waals surface area contributed by atoms with Crippen LogP contribution in [-0.2, 0) is 16.0 Å². The highest BCUT2D eigenvalue weighted by molar-refractivity contribution is 7.10. The topological polar surface area (TPSA) is 62.2 Å². The summed E-state index contributed by atoms with van der Waals surface area (Å²) in [5, 5.41) is 13.1. The van der Waals surface area contributed by atoms with E-state index in [1.165, 1.54) is 4.88 Å². The van der Waals surface area contributed by atoms with Crippen molar-refractivity contribution in [2.24, 2.45) is 0 Å². The molecule has 1 aromatic carbocycles. The van der Waals surface area contributed by atoms with Crippen molar-refractivity contribution in [3.8, 4) is 5.75 Å². The van der Waals surface area contributed by atoms with E-state index in [1.807, 2.05) is 35.8 Å². The minimum absolute atomic E-state index is 0.0319. The van der Waals surface area contributed by atoms with E-state index in [9.17, 15) is 9.90 Å². The number of aliphatic hydroxyl groups is 1. The van der Waals surface area contributed by atoms with Crippen molar-refractivity contribution < 1.29 is 19.4 Å².